The molecule has 5 nitrogen and oxygen atoms in total. The minimum atomic E-state index is -0.254. The van der Waals surface area contributed by atoms with E-state index in [1.807, 2.05) is 26.0 Å². The highest BCUT2D eigenvalue weighted by molar-refractivity contribution is 5.97. The molecule has 2 rings (SSSR count). The van der Waals surface area contributed by atoms with Gasteiger partial charge in [-0.3, -0.25) is 9.59 Å². The lowest BCUT2D eigenvalue weighted by Gasteiger charge is -2.30. The molecule has 1 fully saturated rings. The molecule has 1 aliphatic carbocycles. The van der Waals surface area contributed by atoms with Crippen LogP contribution in [0.25, 0.3) is 0 Å². The van der Waals surface area contributed by atoms with Gasteiger partial charge in [0.15, 0.2) is 0 Å². The van der Waals surface area contributed by atoms with Crippen molar-refractivity contribution in [3.63, 3.8) is 0 Å². The third kappa shape index (κ3) is 3.65. The maximum Gasteiger partial charge on any atom is 0.251 e. The molecule has 1 aliphatic rings. The summed E-state index contributed by atoms with van der Waals surface area (Å²) in [6.45, 7) is 3.86. The predicted octanol–water partition coefficient (Wildman–Crippen LogP) is 1.39. The van der Waals surface area contributed by atoms with E-state index in [2.05, 4.69) is 10.6 Å². The van der Waals surface area contributed by atoms with E-state index in [0.29, 0.717) is 5.56 Å². The van der Waals surface area contributed by atoms with Gasteiger partial charge in [-0.2, -0.15) is 0 Å². The quantitative estimate of drug-likeness (QED) is 0.769. The fourth-order valence-electron chi connectivity index (χ4n) is 3.00. The second kappa shape index (κ2) is 6.92. The average Bonchev–Trinajstić information content (AvgIpc) is 2.87. The lowest BCUT2D eigenvalue weighted by Crippen LogP contribution is -2.48. The monoisotopic (exact) mass is 304 g/mol. The zero-order valence-electron chi connectivity index (χ0n) is 13.2. The van der Waals surface area contributed by atoms with E-state index >= 15 is 0 Å². The zero-order chi connectivity index (χ0) is 16.2. The van der Waals surface area contributed by atoms with E-state index < -0.39 is 0 Å². The van der Waals surface area contributed by atoms with Gasteiger partial charge >= 0.3 is 0 Å². The third-order valence-electron chi connectivity index (χ3n) is 4.58. The van der Waals surface area contributed by atoms with Gasteiger partial charge in [-0.1, -0.05) is 31.5 Å². The molecule has 0 bridgehead atoms. The summed E-state index contributed by atoms with van der Waals surface area (Å²) in [5.41, 5.74) is 1.20. The number of nitrogens with one attached hydrogen (secondary N) is 2. The summed E-state index contributed by atoms with van der Waals surface area (Å²) < 4.78 is 0. The second-order valence-corrected chi connectivity index (χ2v) is 6.32. The van der Waals surface area contributed by atoms with E-state index in [9.17, 15) is 14.7 Å². The van der Waals surface area contributed by atoms with Crippen LogP contribution in [0.5, 0.6) is 0 Å². The molecule has 1 aromatic carbocycles. The van der Waals surface area contributed by atoms with Crippen molar-refractivity contribution in [2.45, 2.75) is 39.2 Å². The number of amides is 2. The Morgan fingerprint density at radius 3 is 2.77 bits per heavy atom. The van der Waals surface area contributed by atoms with Crippen LogP contribution in [0.1, 0.15) is 42.1 Å². The van der Waals surface area contributed by atoms with Crippen molar-refractivity contribution in [1.82, 2.24) is 10.6 Å². The van der Waals surface area contributed by atoms with E-state index in [1.165, 1.54) is 0 Å². The number of rotatable bonds is 5. The standard InChI is InChI=1S/C17H24N2O3/c1-12-6-3-4-7-13(12)16(22)18-10-15(21)19-14-8-5-9-17(14,2)11-20/h3-4,6-7,14,20H,5,8-11H2,1-2H3,(H,18,22)(H,19,21). The first kappa shape index (κ1) is 16.5. The molecule has 2 unspecified atom stereocenters. The van der Waals surface area contributed by atoms with Crippen LogP contribution in [-0.4, -0.2) is 36.1 Å². The van der Waals surface area contributed by atoms with Crippen molar-refractivity contribution in [1.29, 1.82) is 0 Å². The highest BCUT2D eigenvalue weighted by atomic mass is 16.3. The first-order valence-electron chi connectivity index (χ1n) is 7.70. The van der Waals surface area contributed by atoms with Gasteiger partial charge < -0.3 is 15.7 Å². The van der Waals surface area contributed by atoms with Crippen LogP contribution in [0, 0.1) is 12.3 Å². The SMILES string of the molecule is Cc1ccccc1C(=O)NCC(=O)NC1CCCC1(C)CO. The molecule has 5 heteroatoms. The number of carbonyl (C=O) groups is 2. The van der Waals surface area contributed by atoms with Crippen LogP contribution < -0.4 is 10.6 Å². The zero-order valence-corrected chi connectivity index (χ0v) is 13.2. The van der Waals surface area contributed by atoms with Crippen molar-refractivity contribution in [3.8, 4) is 0 Å². The number of hydrogen-bond donors (Lipinski definition) is 3. The van der Waals surface area contributed by atoms with Crippen molar-refractivity contribution in [3.05, 3.63) is 35.4 Å². The number of hydrogen-bond acceptors (Lipinski definition) is 3. The molecule has 0 aromatic heterocycles. The van der Waals surface area contributed by atoms with Gasteiger partial charge in [-0.15, -0.1) is 0 Å². The Morgan fingerprint density at radius 2 is 2.09 bits per heavy atom. The van der Waals surface area contributed by atoms with Gasteiger partial charge in [0.05, 0.1) is 13.2 Å². The second-order valence-electron chi connectivity index (χ2n) is 6.32. The van der Waals surface area contributed by atoms with Crippen molar-refractivity contribution >= 4 is 11.8 Å². The Hall–Kier alpha value is -1.88. The van der Waals surface area contributed by atoms with Crippen LogP contribution in [-0.2, 0) is 4.79 Å². The summed E-state index contributed by atoms with van der Waals surface area (Å²) in [5, 5.41) is 15.1. The fraction of sp³-hybridized carbons (Fsp3) is 0.529. The third-order valence-corrected chi connectivity index (χ3v) is 4.58. The van der Waals surface area contributed by atoms with Crippen LogP contribution in [0.15, 0.2) is 24.3 Å². The van der Waals surface area contributed by atoms with Crippen molar-refractivity contribution < 1.29 is 14.7 Å². The van der Waals surface area contributed by atoms with Crippen LogP contribution >= 0.6 is 0 Å². The van der Waals surface area contributed by atoms with E-state index in [4.69, 9.17) is 0 Å². The predicted molar refractivity (Wildman–Crippen MR) is 84.5 cm³/mol. The van der Waals surface area contributed by atoms with Gasteiger partial charge in [-0.25, -0.2) is 0 Å². The van der Waals surface area contributed by atoms with Gasteiger partial charge in [-0.05, 0) is 31.4 Å². The summed E-state index contributed by atoms with van der Waals surface area (Å²) in [6.07, 6.45) is 2.77. The molecule has 120 valence electrons. The Morgan fingerprint density at radius 1 is 1.36 bits per heavy atom. The Labute approximate surface area is 131 Å². The normalized spacial score (nSPS) is 24.0. The lowest BCUT2D eigenvalue weighted by atomic mass is 9.86. The van der Waals surface area contributed by atoms with Gasteiger partial charge in [0, 0.05) is 17.0 Å². The molecule has 3 N–H and O–H groups in total. The van der Waals surface area contributed by atoms with Crippen LogP contribution in [0.2, 0.25) is 0 Å². The van der Waals surface area contributed by atoms with Gasteiger partial charge in [0.1, 0.15) is 0 Å². The molecule has 0 radical (unpaired) electrons. The smallest absolute Gasteiger partial charge is 0.251 e. The maximum atomic E-state index is 12.1. The largest absolute Gasteiger partial charge is 0.396 e. The number of carbonyl (C=O) groups excluding carboxylic acids is 2. The van der Waals surface area contributed by atoms with E-state index in [1.54, 1.807) is 12.1 Å². The first-order valence-corrected chi connectivity index (χ1v) is 7.70. The number of aliphatic hydroxyl groups excluding tert-OH is 1. The summed E-state index contributed by atoms with van der Waals surface area (Å²) in [4.78, 5) is 24.1. The van der Waals surface area contributed by atoms with Crippen molar-refractivity contribution in [2.24, 2.45) is 5.41 Å². The molecule has 2 atom stereocenters. The molecule has 0 spiro atoms. The first-order chi connectivity index (χ1) is 10.5. The van der Waals surface area contributed by atoms with E-state index in [0.717, 1.165) is 24.8 Å². The Bertz CT molecular complexity index is 559. The molecule has 0 heterocycles. The molecule has 1 saturated carbocycles. The van der Waals surface area contributed by atoms with Crippen LogP contribution in [0.4, 0.5) is 0 Å². The molecule has 22 heavy (non-hydrogen) atoms. The minimum Gasteiger partial charge on any atom is -0.396 e. The van der Waals surface area contributed by atoms with Gasteiger partial charge in [0.2, 0.25) is 5.91 Å². The summed E-state index contributed by atoms with van der Waals surface area (Å²) in [7, 11) is 0. The Kier molecular flexibility index (Phi) is 5.19. The molecule has 0 saturated heterocycles. The fourth-order valence-corrected chi connectivity index (χ4v) is 3.00. The minimum absolute atomic E-state index is 0.0274. The summed E-state index contributed by atoms with van der Waals surface area (Å²) >= 11 is 0. The Balaban J connectivity index is 1.86. The molecular formula is C17H24N2O3. The average molecular weight is 304 g/mol. The summed E-state index contributed by atoms with van der Waals surface area (Å²) in [6, 6.07) is 7.24. The van der Waals surface area contributed by atoms with E-state index in [-0.39, 0.29) is 36.4 Å². The topological polar surface area (TPSA) is 78.4 Å². The molecule has 2 amide bonds. The van der Waals surface area contributed by atoms with Crippen LogP contribution in [0.3, 0.4) is 0 Å². The molecular weight excluding hydrogens is 280 g/mol. The number of benzene rings is 1. The highest BCUT2D eigenvalue weighted by Gasteiger charge is 2.38. The highest BCUT2D eigenvalue weighted by Crippen LogP contribution is 2.37. The number of aryl methyl sites for hydroxylation is 1. The summed E-state index contributed by atoms with van der Waals surface area (Å²) in [5.74, 6) is -0.460. The van der Waals surface area contributed by atoms with Gasteiger partial charge in [0.25, 0.3) is 5.91 Å². The maximum absolute atomic E-state index is 12.1. The molecule has 0 aliphatic heterocycles. The molecule has 1 aromatic rings. The lowest BCUT2D eigenvalue weighted by molar-refractivity contribution is -0.121. The number of aliphatic hydroxyl groups is 1. The van der Waals surface area contributed by atoms with Crippen molar-refractivity contribution in [2.75, 3.05) is 13.2 Å².